The van der Waals surface area contributed by atoms with Crippen LogP contribution in [0.15, 0.2) is 30.3 Å². The molecular formula is C6H5. The monoisotopic (exact) mass is 79.1 g/mol. The Balaban J connectivity index is 3.08. The predicted octanol–water partition coefficient (Wildman–Crippen LogP) is 1.49. The van der Waals surface area contributed by atoms with E-state index in [0.717, 1.165) is 0 Å². The topological polar surface area (TPSA) is 0 Å². The smallest absolute Gasteiger partial charge is 0.0622 e. The number of benzene rings is 1. The van der Waals surface area contributed by atoms with Gasteiger partial charge in [-0.15, -0.1) is 0 Å². The fourth-order valence-corrected chi connectivity index (χ4v) is 0.269. The van der Waals surface area contributed by atoms with Crippen LogP contribution in [0, 0.1) is 6.07 Å². The van der Waals surface area contributed by atoms with Gasteiger partial charge in [-0.25, -0.2) is 0 Å². The Morgan fingerprint density at radius 1 is 1.50 bits per heavy atom. The lowest BCUT2D eigenvalue weighted by atomic mass is 10.4. The highest BCUT2D eigenvalue weighted by molar-refractivity contribution is 4.97. The van der Waals surface area contributed by atoms with E-state index < -0.39 is 0 Å². The number of hydrogen-bond donors (Lipinski definition) is 0. The van der Waals surface area contributed by atoms with Crippen LogP contribution in [-0.2, 0) is 0 Å². The van der Waals surface area contributed by atoms with Crippen molar-refractivity contribution in [1.29, 1.82) is 0 Å². The van der Waals surface area contributed by atoms with Crippen molar-refractivity contribution in [3.63, 3.8) is 0 Å². The molecule has 0 saturated carbocycles. The molecule has 0 N–H and O–H groups in total. The molecule has 0 heterocycles. The summed E-state index contributed by atoms with van der Waals surface area (Å²) < 4.78 is 14.0. The highest BCUT2D eigenvalue weighted by Gasteiger charge is 1.58. The van der Waals surface area contributed by atoms with Crippen molar-refractivity contribution in [1.82, 2.24) is 0 Å². The number of hydrogen-bond acceptors (Lipinski definition) is 0. The van der Waals surface area contributed by atoms with Crippen LogP contribution in [0.1, 0.15) is 2.74 Å². The Kier molecular flexibility index (Phi) is 0.477. The maximum absolute atomic E-state index is 7.00. The van der Waals surface area contributed by atoms with E-state index in [9.17, 15) is 0 Å². The molecule has 1 aromatic carbocycles. The zero-order valence-electron chi connectivity index (χ0n) is 5.23. The molecule has 1 rings (SSSR count). The molecule has 1 aromatic rings. The van der Waals surface area contributed by atoms with Crippen molar-refractivity contribution < 1.29 is 2.74 Å². The van der Waals surface area contributed by atoms with Crippen molar-refractivity contribution in [2.75, 3.05) is 0 Å². The molecule has 0 aliphatic carbocycles. The zero-order chi connectivity index (χ0) is 5.98. The summed E-state index contributed by atoms with van der Waals surface area (Å²) in [6.45, 7) is 0. The van der Waals surface area contributed by atoms with E-state index in [0.29, 0.717) is 6.04 Å². The molecule has 0 aliphatic heterocycles. The first-order valence-electron chi connectivity index (χ1n) is 2.74. The zero-order valence-corrected chi connectivity index (χ0v) is 3.23. The van der Waals surface area contributed by atoms with Gasteiger partial charge in [-0.3, -0.25) is 0 Å². The van der Waals surface area contributed by atoms with Gasteiger partial charge in [-0.05, 0) is 6.07 Å². The van der Waals surface area contributed by atoms with E-state index >= 15 is 0 Å². The second-order valence-electron chi connectivity index (χ2n) is 0.933. The van der Waals surface area contributed by atoms with E-state index in [1.807, 2.05) is 0 Å². The Morgan fingerprint density at radius 2 is 2.50 bits per heavy atom. The van der Waals surface area contributed by atoms with E-state index in [1.165, 1.54) is 6.07 Å². The summed E-state index contributed by atoms with van der Waals surface area (Å²) in [5.41, 5.74) is 0. The van der Waals surface area contributed by atoms with Crippen LogP contribution in [0.2, 0.25) is 0 Å². The number of rotatable bonds is 0. The minimum atomic E-state index is 0.275. The van der Waals surface area contributed by atoms with Crippen LogP contribution in [0.4, 0.5) is 0 Å². The lowest BCUT2D eigenvalue weighted by molar-refractivity contribution is 1.70. The minimum Gasteiger partial charge on any atom is -0.0622 e. The summed E-state index contributed by atoms with van der Waals surface area (Å²) in [5.74, 6) is 0. The average molecular weight is 79.1 g/mol. The maximum Gasteiger partial charge on any atom is 0.0629 e. The van der Waals surface area contributed by atoms with Gasteiger partial charge in [0.1, 0.15) is 0 Å². The molecule has 0 spiro atoms. The van der Waals surface area contributed by atoms with Crippen LogP contribution >= 0.6 is 0 Å². The second-order valence-corrected chi connectivity index (χ2v) is 0.933. The molecule has 0 fully saturated rings. The lowest BCUT2D eigenvalue weighted by Gasteiger charge is -1.68. The Hall–Kier alpha value is -0.780. The van der Waals surface area contributed by atoms with E-state index in [4.69, 9.17) is 2.74 Å². The summed E-state index contributed by atoms with van der Waals surface area (Å²) in [7, 11) is 0. The fourth-order valence-electron chi connectivity index (χ4n) is 0.269. The molecule has 0 amide bonds. The van der Waals surface area contributed by atoms with Crippen LogP contribution in [0.25, 0.3) is 0 Å². The summed E-state index contributed by atoms with van der Waals surface area (Å²) in [5, 5.41) is 0. The van der Waals surface area contributed by atoms with Gasteiger partial charge < -0.3 is 0 Å². The average Bonchev–Trinajstić information content (AvgIpc) is 1.64. The molecule has 0 atom stereocenters. The van der Waals surface area contributed by atoms with E-state index in [1.54, 1.807) is 12.1 Å². The van der Waals surface area contributed by atoms with E-state index in [-0.39, 0.29) is 6.04 Å². The van der Waals surface area contributed by atoms with Crippen molar-refractivity contribution in [3.05, 3.63) is 36.4 Å². The van der Waals surface area contributed by atoms with Crippen molar-refractivity contribution in [2.24, 2.45) is 0 Å². The van der Waals surface area contributed by atoms with E-state index in [2.05, 4.69) is 6.07 Å². The maximum atomic E-state index is 7.00. The highest BCUT2D eigenvalue weighted by atomic mass is 13.6. The first kappa shape index (κ1) is 1.78. The molecule has 0 nitrogen and oxygen atoms in total. The molecule has 29 valence electrons. The molecule has 6 heavy (non-hydrogen) atoms. The third kappa shape index (κ3) is 0.582. The standard InChI is InChI=1S/C6H5/c1-2-4-6-5-3-1/h1-5H/i1D,4D. The summed E-state index contributed by atoms with van der Waals surface area (Å²) in [4.78, 5) is 0. The molecular weight excluding hydrogens is 72.1 g/mol. The normalized spacial score (nSPS) is 12.7. The molecule has 0 saturated heterocycles. The molecule has 0 unspecified atom stereocenters. The molecule has 0 aromatic heterocycles. The minimum absolute atomic E-state index is 0.275. The Morgan fingerprint density at radius 3 is 3.00 bits per heavy atom. The van der Waals surface area contributed by atoms with Crippen LogP contribution in [-0.4, -0.2) is 0 Å². The van der Waals surface area contributed by atoms with Crippen LogP contribution in [0.3, 0.4) is 0 Å². The van der Waals surface area contributed by atoms with Gasteiger partial charge in [-0.2, -0.15) is 0 Å². The van der Waals surface area contributed by atoms with Crippen molar-refractivity contribution in [3.8, 4) is 0 Å². The molecule has 1 radical (unpaired) electrons. The third-order valence-electron chi connectivity index (χ3n) is 0.502. The van der Waals surface area contributed by atoms with Gasteiger partial charge in [0.25, 0.3) is 0 Å². The van der Waals surface area contributed by atoms with Gasteiger partial charge in [0, 0.05) is 0 Å². The SMILES string of the molecule is [2H]c1[c]ccc([2H])c1. The van der Waals surface area contributed by atoms with Crippen LogP contribution in [0.5, 0.6) is 0 Å². The van der Waals surface area contributed by atoms with Crippen molar-refractivity contribution in [2.45, 2.75) is 0 Å². The van der Waals surface area contributed by atoms with Gasteiger partial charge >= 0.3 is 0 Å². The summed E-state index contributed by atoms with van der Waals surface area (Å²) in [6, 6.07) is 7.88. The van der Waals surface area contributed by atoms with Crippen molar-refractivity contribution >= 4 is 0 Å². The molecule has 0 heteroatoms. The van der Waals surface area contributed by atoms with Crippen LogP contribution < -0.4 is 0 Å². The summed E-state index contributed by atoms with van der Waals surface area (Å²) >= 11 is 0. The van der Waals surface area contributed by atoms with Gasteiger partial charge in [0.05, 0.1) is 2.74 Å². The first-order chi connectivity index (χ1) is 3.79. The molecule has 0 aliphatic rings. The van der Waals surface area contributed by atoms with Gasteiger partial charge in [0.2, 0.25) is 0 Å². The largest absolute Gasteiger partial charge is 0.0629 e. The summed E-state index contributed by atoms with van der Waals surface area (Å²) in [6.07, 6.45) is 0. The molecule has 0 bridgehead atoms. The quantitative estimate of drug-likeness (QED) is 0.442. The van der Waals surface area contributed by atoms with Gasteiger partial charge in [-0.1, -0.05) is 30.3 Å². The first-order valence-corrected chi connectivity index (χ1v) is 1.74. The van der Waals surface area contributed by atoms with Gasteiger partial charge in [0.15, 0.2) is 0 Å². The Labute approximate surface area is 40.2 Å². The highest BCUT2D eigenvalue weighted by Crippen LogP contribution is 1.78. The fraction of sp³-hybridized carbons (Fsp3) is 0. The third-order valence-corrected chi connectivity index (χ3v) is 0.502. The predicted molar refractivity (Wildman–Crippen MR) is 25.3 cm³/mol. The lowest BCUT2D eigenvalue weighted by Crippen LogP contribution is -1.49. The Bertz CT molecular complexity index is 166. The second kappa shape index (κ2) is 1.61.